The van der Waals surface area contributed by atoms with Gasteiger partial charge in [0.2, 0.25) is 0 Å². The molecule has 1 aliphatic heterocycles. The molecule has 0 unspecified atom stereocenters. The first-order valence-electron chi connectivity index (χ1n) is 7.76. The molecule has 4 nitrogen and oxygen atoms in total. The highest BCUT2D eigenvalue weighted by Gasteiger charge is 2.24. The lowest BCUT2D eigenvalue weighted by Crippen LogP contribution is -2.19. The zero-order valence-electron chi connectivity index (χ0n) is 13.4. The highest BCUT2D eigenvalue weighted by atomic mass is 16.5. The second-order valence-electron chi connectivity index (χ2n) is 5.71. The molecule has 1 amide bonds. The summed E-state index contributed by atoms with van der Waals surface area (Å²) in [5.74, 6) is 0. The summed E-state index contributed by atoms with van der Waals surface area (Å²) < 4.78 is 7.70. The number of hydrogen-bond acceptors (Lipinski definition) is 2. The highest BCUT2D eigenvalue weighted by Crippen LogP contribution is 2.31. The van der Waals surface area contributed by atoms with Gasteiger partial charge in [0.15, 0.2) is 0 Å². The molecule has 0 spiro atoms. The summed E-state index contributed by atoms with van der Waals surface area (Å²) in [4.78, 5) is 11.4. The Kier molecular flexibility index (Phi) is 3.92. The monoisotopic (exact) mass is 298 g/mol. The van der Waals surface area contributed by atoms with Gasteiger partial charge in [0.1, 0.15) is 6.61 Å². The van der Waals surface area contributed by atoms with Gasteiger partial charge in [-0.2, -0.15) is 0 Å². The fourth-order valence-electron chi connectivity index (χ4n) is 3.38. The summed E-state index contributed by atoms with van der Waals surface area (Å²) in [6.07, 6.45) is 1.51. The van der Waals surface area contributed by atoms with Crippen molar-refractivity contribution in [2.45, 2.75) is 39.8 Å². The molecule has 3 rings (SSSR count). The van der Waals surface area contributed by atoms with Gasteiger partial charge in [-0.05, 0) is 30.0 Å². The van der Waals surface area contributed by atoms with Crippen molar-refractivity contribution >= 4 is 6.09 Å². The van der Waals surface area contributed by atoms with Gasteiger partial charge in [0, 0.05) is 37.0 Å². The third-order valence-corrected chi connectivity index (χ3v) is 4.58. The number of benzene rings is 1. The number of nitrogens with zero attached hydrogens (tertiary/aromatic N) is 1. The quantitative estimate of drug-likeness (QED) is 0.807. The summed E-state index contributed by atoms with van der Waals surface area (Å²) >= 11 is 0. The van der Waals surface area contributed by atoms with Gasteiger partial charge in [-0.15, -0.1) is 0 Å². The molecule has 0 atom stereocenters. The number of fused-ring (bicyclic) bond motifs is 2. The summed E-state index contributed by atoms with van der Waals surface area (Å²) in [5, 5.41) is 2.50. The molecule has 1 aliphatic rings. The Labute approximate surface area is 131 Å². The minimum atomic E-state index is -0.381. The van der Waals surface area contributed by atoms with Crippen LogP contribution in [-0.4, -0.2) is 17.7 Å². The van der Waals surface area contributed by atoms with Crippen LogP contribution in [0.15, 0.2) is 24.3 Å². The molecular weight excluding hydrogens is 276 g/mol. The van der Waals surface area contributed by atoms with E-state index in [4.69, 9.17) is 4.74 Å². The molecule has 0 radical (unpaired) electrons. The molecule has 2 heterocycles. The fraction of sp³-hybridized carbons (Fsp3) is 0.389. The molecule has 0 fully saturated rings. The molecule has 0 saturated heterocycles. The lowest BCUT2D eigenvalue weighted by molar-refractivity contribution is 0.141. The Morgan fingerprint density at radius 3 is 2.73 bits per heavy atom. The third kappa shape index (κ3) is 2.39. The number of alkyl carbamates (subject to hydrolysis) is 1. The van der Waals surface area contributed by atoms with Crippen LogP contribution in [0.25, 0.3) is 0 Å². The molecule has 2 aromatic rings. The van der Waals surface area contributed by atoms with Crippen molar-refractivity contribution < 1.29 is 9.53 Å². The summed E-state index contributed by atoms with van der Waals surface area (Å²) in [5.41, 5.74) is 7.84. The number of hydrogen-bond donors (Lipinski definition) is 1. The van der Waals surface area contributed by atoms with Crippen molar-refractivity contribution in [3.63, 3.8) is 0 Å². The first kappa shape index (κ1) is 14.7. The molecule has 116 valence electrons. The van der Waals surface area contributed by atoms with E-state index in [1.807, 2.05) is 0 Å². The van der Waals surface area contributed by atoms with Crippen molar-refractivity contribution in [2.75, 3.05) is 7.05 Å². The minimum absolute atomic E-state index is 0.338. The van der Waals surface area contributed by atoms with Gasteiger partial charge < -0.3 is 14.6 Å². The first-order chi connectivity index (χ1) is 10.7. The third-order valence-electron chi connectivity index (χ3n) is 4.58. The van der Waals surface area contributed by atoms with Crippen LogP contribution in [-0.2, 0) is 30.7 Å². The zero-order chi connectivity index (χ0) is 15.7. The number of aromatic nitrogens is 1. The molecule has 22 heavy (non-hydrogen) atoms. The van der Waals surface area contributed by atoms with Crippen molar-refractivity contribution in [1.29, 1.82) is 0 Å². The molecule has 0 saturated carbocycles. The maximum Gasteiger partial charge on any atom is 0.407 e. The topological polar surface area (TPSA) is 43.3 Å². The molecule has 4 heteroatoms. The van der Waals surface area contributed by atoms with E-state index in [1.165, 1.54) is 28.1 Å². The Hall–Kier alpha value is -2.23. The highest BCUT2D eigenvalue weighted by molar-refractivity contribution is 5.66. The van der Waals surface area contributed by atoms with Crippen molar-refractivity contribution in [3.8, 4) is 0 Å². The molecule has 1 N–H and O–H groups in total. The van der Waals surface area contributed by atoms with Crippen LogP contribution < -0.4 is 5.32 Å². The van der Waals surface area contributed by atoms with Gasteiger partial charge in [0.05, 0.1) is 0 Å². The number of ether oxygens (including phenoxy) is 1. The predicted octanol–water partition coefficient (Wildman–Crippen LogP) is 3.17. The number of rotatable bonds is 3. The van der Waals surface area contributed by atoms with Gasteiger partial charge >= 0.3 is 6.09 Å². The van der Waals surface area contributed by atoms with E-state index in [0.717, 1.165) is 24.9 Å². The Morgan fingerprint density at radius 2 is 2.05 bits per heavy atom. The van der Waals surface area contributed by atoms with Crippen LogP contribution >= 0.6 is 0 Å². The lowest BCUT2D eigenvalue weighted by Gasteiger charge is -2.21. The standard InChI is InChI=1S/C18H22N2O2/c1-4-16-15(11-22-18(21)19-3)12(2)17-9-13-7-5-6-8-14(13)10-20(16)17/h5-8H,4,9-11H2,1-3H3,(H,19,21). The smallest absolute Gasteiger partial charge is 0.407 e. The Balaban J connectivity index is 1.98. The van der Waals surface area contributed by atoms with E-state index in [-0.39, 0.29) is 6.09 Å². The Bertz CT molecular complexity index is 716. The maximum atomic E-state index is 11.4. The van der Waals surface area contributed by atoms with Gasteiger partial charge in [0.25, 0.3) is 0 Å². The van der Waals surface area contributed by atoms with Crippen LogP contribution in [0.4, 0.5) is 4.79 Å². The molecule has 1 aromatic heterocycles. The fourth-order valence-corrected chi connectivity index (χ4v) is 3.38. The number of nitrogens with one attached hydrogen (secondary N) is 1. The van der Waals surface area contributed by atoms with Gasteiger partial charge in [-0.25, -0.2) is 4.79 Å². The van der Waals surface area contributed by atoms with Crippen molar-refractivity contribution in [2.24, 2.45) is 0 Å². The van der Waals surface area contributed by atoms with Crippen LogP contribution in [0.5, 0.6) is 0 Å². The molecule has 0 bridgehead atoms. The van der Waals surface area contributed by atoms with Crippen LogP contribution in [0.3, 0.4) is 0 Å². The van der Waals surface area contributed by atoms with E-state index in [0.29, 0.717) is 6.61 Å². The second-order valence-corrected chi connectivity index (χ2v) is 5.71. The van der Waals surface area contributed by atoms with Gasteiger partial charge in [-0.1, -0.05) is 31.2 Å². The second kappa shape index (κ2) is 5.87. The summed E-state index contributed by atoms with van der Waals surface area (Å²) in [7, 11) is 1.58. The SMILES string of the molecule is CCc1c(COC(=O)NC)c(C)c2n1Cc1ccccc1C2. The van der Waals surface area contributed by atoms with Gasteiger partial charge in [-0.3, -0.25) is 0 Å². The van der Waals surface area contributed by atoms with Crippen molar-refractivity contribution in [1.82, 2.24) is 9.88 Å². The first-order valence-corrected chi connectivity index (χ1v) is 7.76. The molecule has 1 aromatic carbocycles. The number of carbonyl (C=O) groups is 1. The van der Waals surface area contributed by atoms with E-state index < -0.39 is 0 Å². The molecular formula is C18H22N2O2. The van der Waals surface area contributed by atoms with E-state index in [1.54, 1.807) is 7.05 Å². The summed E-state index contributed by atoms with van der Waals surface area (Å²) in [6, 6.07) is 8.61. The average Bonchev–Trinajstić information content (AvgIpc) is 2.81. The predicted molar refractivity (Wildman–Crippen MR) is 86.1 cm³/mol. The lowest BCUT2D eigenvalue weighted by atomic mass is 9.97. The van der Waals surface area contributed by atoms with E-state index in [9.17, 15) is 4.79 Å². The largest absolute Gasteiger partial charge is 0.445 e. The Morgan fingerprint density at radius 1 is 1.32 bits per heavy atom. The number of amides is 1. The van der Waals surface area contributed by atoms with Crippen LogP contribution in [0.1, 0.15) is 40.6 Å². The maximum absolute atomic E-state index is 11.4. The van der Waals surface area contributed by atoms with Crippen molar-refractivity contribution in [3.05, 3.63) is 57.9 Å². The normalized spacial score (nSPS) is 12.5. The van der Waals surface area contributed by atoms with Crippen LogP contribution in [0.2, 0.25) is 0 Å². The zero-order valence-corrected chi connectivity index (χ0v) is 13.4. The average molecular weight is 298 g/mol. The number of carbonyl (C=O) groups excluding carboxylic acids is 1. The van der Waals surface area contributed by atoms with Crippen LogP contribution in [0, 0.1) is 6.92 Å². The van der Waals surface area contributed by atoms with E-state index in [2.05, 4.69) is 48.0 Å². The minimum Gasteiger partial charge on any atom is -0.445 e. The summed E-state index contributed by atoms with van der Waals surface area (Å²) in [6.45, 7) is 5.55. The molecule has 0 aliphatic carbocycles. The van der Waals surface area contributed by atoms with E-state index >= 15 is 0 Å².